The third-order valence-electron chi connectivity index (χ3n) is 3.10. The van der Waals surface area contributed by atoms with Gasteiger partial charge in [-0.25, -0.2) is 0 Å². The average molecular weight is 336 g/mol. The zero-order valence-electron chi connectivity index (χ0n) is 12.5. The molecule has 0 saturated carbocycles. The minimum Gasteiger partial charge on any atom is -0.495 e. The molecule has 0 aromatic heterocycles. The second kappa shape index (κ2) is 8.11. The average Bonchev–Trinajstić information content (AvgIpc) is 2.53. The van der Waals surface area contributed by atoms with Gasteiger partial charge >= 0.3 is 0 Å². The molecule has 1 atom stereocenters. The summed E-state index contributed by atoms with van der Waals surface area (Å²) >= 11 is 7.54. The number of rotatable bonds is 6. The predicted octanol–water partition coefficient (Wildman–Crippen LogP) is 4.86. The molecule has 0 aliphatic rings. The van der Waals surface area contributed by atoms with E-state index in [0.29, 0.717) is 16.5 Å². The molecule has 0 aliphatic carbocycles. The molecule has 0 radical (unpaired) electrons. The van der Waals surface area contributed by atoms with Crippen LogP contribution in [0.15, 0.2) is 53.4 Å². The van der Waals surface area contributed by atoms with E-state index in [-0.39, 0.29) is 11.2 Å². The highest BCUT2D eigenvalue weighted by molar-refractivity contribution is 8.00. The fourth-order valence-electron chi connectivity index (χ4n) is 1.98. The van der Waals surface area contributed by atoms with Crippen LogP contribution in [0, 0.1) is 0 Å². The van der Waals surface area contributed by atoms with Crippen molar-refractivity contribution in [1.29, 1.82) is 0 Å². The van der Waals surface area contributed by atoms with Crippen molar-refractivity contribution in [2.45, 2.75) is 23.5 Å². The molecule has 2 rings (SSSR count). The first kappa shape index (κ1) is 16.7. The normalized spacial score (nSPS) is 11.8. The van der Waals surface area contributed by atoms with Gasteiger partial charge in [-0.3, -0.25) is 4.79 Å². The van der Waals surface area contributed by atoms with Crippen LogP contribution in [-0.4, -0.2) is 18.3 Å². The predicted molar refractivity (Wildman–Crippen MR) is 93.0 cm³/mol. The van der Waals surface area contributed by atoms with Crippen LogP contribution in [0.25, 0.3) is 0 Å². The molecule has 2 aromatic rings. The van der Waals surface area contributed by atoms with E-state index < -0.39 is 0 Å². The molecule has 3 nitrogen and oxygen atoms in total. The summed E-state index contributed by atoms with van der Waals surface area (Å²) in [4.78, 5) is 13.6. The summed E-state index contributed by atoms with van der Waals surface area (Å²) in [6.07, 6.45) is 0.730. The standard InChI is InChI=1S/C17H18ClNO2S/c1-3-16(22-13-7-5-4-6-8-13)17(20)19-14-11-12(18)9-10-15(14)21-2/h4-11,16H,3H2,1-2H3,(H,19,20). The number of carbonyl (C=O) groups excluding carboxylic acids is 1. The molecule has 0 fully saturated rings. The SMILES string of the molecule is CCC(Sc1ccccc1)C(=O)Nc1cc(Cl)ccc1OC. The van der Waals surface area contributed by atoms with Crippen LogP contribution < -0.4 is 10.1 Å². The van der Waals surface area contributed by atoms with Gasteiger partial charge in [0, 0.05) is 9.92 Å². The van der Waals surface area contributed by atoms with E-state index in [1.807, 2.05) is 37.3 Å². The van der Waals surface area contributed by atoms with Crippen molar-refractivity contribution in [2.24, 2.45) is 0 Å². The van der Waals surface area contributed by atoms with E-state index in [2.05, 4.69) is 5.32 Å². The Morgan fingerprint density at radius 1 is 1.27 bits per heavy atom. The van der Waals surface area contributed by atoms with Gasteiger partial charge in [-0.05, 0) is 36.8 Å². The van der Waals surface area contributed by atoms with E-state index in [0.717, 1.165) is 11.3 Å². The Balaban J connectivity index is 2.11. The number of carbonyl (C=O) groups is 1. The Kier molecular flexibility index (Phi) is 6.16. The lowest BCUT2D eigenvalue weighted by Gasteiger charge is -2.16. The van der Waals surface area contributed by atoms with Gasteiger partial charge in [0.25, 0.3) is 0 Å². The van der Waals surface area contributed by atoms with Crippen molar-refractivity contribution in [3.8, 4) is 5.75 Å². The van der Waals surface area contributed by atoms with Crippen LogP contribution in [-0.2, 0) is 4.79 Å². The largest absolute Gasteiger partial charge is 0.495 e. The van der Waals surface area contributed by atoms with Crippen molar-refractivity contribution in [2.75, 3.05) is 12.4 Å². The van der Waals surface area contributed by atoms with Gasteiger partial charge in [0.2, 0.25) is 5.91 Å². The Hall–Kier alpha value is -1.65. The molecule has 0 aliphatic heterocycles. The summed E-state index contributed by atoms with van der Waals surface area (Å²) in [5.41, 5.74) is 0.590. The van der Waals surface area contributed by atoms with Crippen LogP contribution in [0.4, 0.5) is 5.69 Å². The Morgan fingerprint density at radius 2 is 2.00 bits per heavy atom. The van der Waals surface area contributed by atoms with Crippen LogP contribution in [0.1, 0.15) is 13.3 Å². The molecule has 22 heavy (non-hydrogen) atoms. The van der Waals surface area contributed by atoms with Gasteiger partial charge in [0.15, 0.2) is 0 Å². The number of benzene rings is 2. The minimum atomic E-state index is -0.175. The quantitative estimate of drug-likeness (QED) is 0.766. The van der Waals surface area contributed by atoms with Crippen LogP contribution in [0.5, 0.6) is 5.75 Å². The fourth-order valence-corrected chi connectivity index (χ4v) is 3.12. The summed E-state index contributed by atoms with van der Waals surface area (Å²) in [7, 11) is 1.56. The van der Waals surface area contributed by atoms with Gasteiger partial charge < -0.3 is 10.1 Å². The highest BCUT2D eigenvalue weighted by Gasteiger charge is 2.19. The van der Waals surface area contributed by atoms with Crippen molar-refractivity contribution in [3.63, 3.8) is 0 Å². The molecule has 0 spiro atoms. The van der Waals surface area contributed by atoms with E-state index in [9.17, 15) is 4.79 Å². The molecule has 1 amide bonds. The van der Waals surface area contributed by atoms with Crippen LogP contribution in [0.3, 0.4) is 0 Å². The smallest absolute Gasteiger partial charge is 0.237 e. The minimum absolute atomic E-state index is 0.0584. The first-order valence-corrected chi connectivity index (χ1v) is 8.26. The van der Waals surface area contributed by atoms with E-state index >= 15 is 0 Å². The highest BCUT2D eigenvalue weighted by Crippen LogP contribution is 2.30. The van der Waals surface area contributed by atoms with E-state index in [1.54, 1.807) is 37.1 Å². The fraction of sp³-hybridized carbons (Fsp3) is 0.235. The number of anilines is 1. The molecular formula is C17H18ClNO2S. The topological polar surface area (TPSA) is 38.3 Å². The maximum Gasteiger partial charge on any atom is 0.237 e. The summed E-state index contributed by atoms with van der Waals surface area (Å²) < 4.78 is 5.25. The van der Waals surface area contributed by atoms with Crippen molar-refractivity contribution in [1.82, 2.24) is 0 Å². The third kappa shape index (κ3) is 4.42. The number of halogens is 1. The Labute approximate surface area is 140 Å². The molecule has 0 heterocycles. The number of hydrogen-bond donors (Lipinski definition) is 1. The van der Waals surface area contributed by atoms with Crippen LogP contribution in [0.2, 0.25) is 5.02 Å². The molecule has 0 saturated heterocycles. The molecule has 0 bridgehead atoms. The monoisotopic (exact) mass is 335 g/mol. The second-order valence-corrected chi connectivity index (χ2v) is 6.37. The van der Waals surface area contributed by atoms with Crippen molar-refractivity contribution in [3.05, 3.63) is 53.6 Å². The van der Waals surface area contributed by atoms with Gasteiger partial charge in [0.1, 0.15) is 5.75 Å². The van der Waals surface area contributed by atoms with E-state index in [4.69, 9.17) is 16.3 Å². The summed E-state index contributed by atoms with van der Waals surface area (Å²) in [6.45, 7) is 2.00. The summed E-state index contributed by atoms with van der Waals surface area (Å²) in [5, 5.41) is 3.28. The van der Waals surface area contributed by atoms with Gasteiger partial charge in [0.05, 0.1) is 18.0 Å². The van der Waals surface area contributed by atoms with Gasteiger partial charge in [-0.15, -0.1) is 11.8 Å². The number of amides is 1. The lowest BCUT2D eigenvalue weighted by atomic mass is 10.2. The molecular weight excluding hydrogens is 318 g/mol. The van der Waals surface area contributed by atoms with E-state index in [1.165, 1.54) is 0 Å². The maximum atomic E-state index is 12.5. The Bertz CT molecular complexity index is 634. The number of thioether (sulfide) groups is 1. The second-order valence-electron chi connectivity index (χ2n) is 4.66. The van der Waals surface area contributed by atoms with Gasteiger partial charge in [-0.1, -0.05) is 36.7 Å². The van der Waals surface area contributed by atoms with Crippen LogP contribution >= 0.6 is 23.4 Å². The number of hydrogen-bond acceptors (Lipinski definition) is 3. The summed E-state index contributed by atoms with van der Waals surface area (Å²) in [5.74, 6) is 0.536. The van der Waals surface area contributed by atoms with Gasteiger partial charge in [-0.2, -0.15) is 0 Å². The summed E-state index contributed by atoms with van der Waals surface area (Å²) in [6, 6.07) is 15.1. The highest BCUT2D eigenvalue weighted by atomic mass is 35.5. The van der Waals surface area contributed by atoms with Crippen molar-refractivity contribution >= 4 is 35.0 Å². The van der Waals surface area contributed by atoms with Crippen molar-refractivity contribution < 1.29 is 9.53 Å². The number of methoxy groups -OCH3 is 1. The Morgan fingerprint density at radius 3 is 2.64 bits per heavy atom. The molecule has 5 heteroatoms. The first-order chi connectivity index (χ1) is 10.6. The molecule has 2 aromatic carbocycles. The molecule has 1 unspecified atom stereocenters. The maximum absolute atomic E-state index is 12.5. The molecule has 116 valence electrons. The zero-order chi connectivity index (χ0) is 15.9. The lowest BCUT2D eigenvalue weighted by Crippen LogP contribution is -2.24. The first-order valence-electron chi connectivity index (χ1n) is 7.00. The zero-order valence-corrected chi connectivity index (χ0v) is 14.1. The number of nitrogens with one attached hydrogen (secondary N) is 1. The third-order valence-corrected chi connectivity index (χ3v) is 4.72. The number of ether oxygens (including phenoxy) is 1. The lowest BCUT2D eigenvalue weighted by molar-refractivity contribution is -0.115. The molecule has 1 N–H and O–H groups in total.